The first-order chi connectivity index (χ1) is 17.4. The highest BCUT2D eigenvalue weighted by Crippen LogP contribution is 2.28. The molecule has 1 unspecified atom stereocenters. The second kappa shape index (κ2) is 9.43. The van der Waals surface area contributed by atoms with E-state index in [0.29, 0.717) is 37.6 Å². The molecule has 0 spiro atoms. The number of fused-ring (bicyclic) bond motifs is 1. The van der Waals surface area contributed by atoms with Crippen molar-refractivity contribution in [3.05, 3.63) is 65.2 Å². The maximum Gasteiger partial charge on any atom is 0.359 e. The summed E-state index contributed by atoms with van der Waals surface area (Å²) >= 11 is 0. The number of likely N-dealkylation sites (N-methyl/N-ethyl adjacent to an activating group) is 1. The molecule has 0 aliphatic carbocycles. The van der Waals surface area contributed by atoms with Crippen LogP contribution in [0.5, 0.6) is 0 Å². The molecule has 36 heavy (non-hydrogen) atoms. The molecule has 1 aromatic carbocycles. The minimum atomic E-state index is -1.67. The van der Waals surface area contributed by atoms with Gasteiger partial charge < -0.3 is 19.6 Å². The van der Waals surface area contributed by atoms with Gasteiger partial charge in [0, 0.05) is 56.5 Å². The lowest BCUT2D eigenvalue weighted by atomic mass is 10.0. The van der Waals surface area contributed by atoms with E-state index in [0.717, 1.165) is 16.9 Å². The monoisotopic (exact) mass is 486 g/mol. The van der Waals surface area contributed by atoms with Crippen molar-refractivity contribution in [2.24, 2.45) is 0 Å². The lowest BCUT2D eigenvalue weighted by molar-refractivity contribution is -0.137. The number of nitrogens with zero attached hydrogens (tertiary/aromatic N) is 6. The van der Waals surface area contributed by atoms with Gasteiger partial charge in [-0.3, -0.25) is 4.79 Å². The van der Waals surface area contributed by atoms with Crippen molar-refractivity contribution in [2.75, 3.05) is 31.6 Å². The van der Waals surface area contributed by atoms with Crippen LogP contribution in [0.1, 0.15) is 40.7 Å². The highest BCUT2D eigenvalue weighted by Gasteiger charge is 2.42. The fourth-order valence-electron chi connectivity index (χ4n) is 4.48. The average Bonchev–Trinajstić information content (AvgIpc) is 3.41. The van der Waals surface area contributed by atoms with Crippen molar-refractivity contribution in [2.45, 2.75) is 31.9 Å². The van der Waals surface area contributed by atoms with Gasteiger partial charge in [0.15, 0.2) is 5.69 Å². The molecule has 5 rings (SSSR count). The van der Waals surface area contributed by atoms with Crippen LogP contribution in [0.2, 0.25) is 0 Å². The number of benzene rings is 1. The Balaban J connectivity index is 1.50. The smallest absolute Gasteiger partial charge is 0.359 e. The SMILES string of the molecule is CCOC(=O)c1nn(-c2cccc(C#CC3(O)CCN(C)C3=O)c2)c2c1CN(c1ncccn1)CC2. The van der Waals surface area contributed by atoms with Crippen LogP contribution in [0, 0.1) is 11.8 Å². The van der Waals surface area contributed by atoms with Gasteiger partial charge in [-0.15, -0.1) is 0 Å². The van der Waals surface area contributed by atoms with Gasteiger partial charge in [-0.2, -0.15) is 5.10 Å². The molecular weight excluding hydrogens is 460 g/mol. The fraction of sp³-hybridized carbons (Fsp3) is 0.346. The molecule has 1 amide bonds. The highest BCUT2D eigenvalue weighted by molar-refractivity contribution is 5.91. The van der Waals surface area contributed by atoms with Crippen molar-refractivity contribution >= 4 is 17.8 Å². The minimum absolute atomic E-state index is 0.244. The maximum atomic E-state index is 12.8. The summed E-state index contributed by atoms with van der Waals surface area (Å²) < 4.78 is 7.03. The second-order valence-corrected chi connectivity index (χ2v) is 8.76. The summed E-state index contributed by atoms with van der Waals surface area (Å²) in [5.74, 6) is 5.41. The Bertz CT molecular complexity index is 1380. The number of aliphatic hydroxyl groups is 1. The predicted molar refractivity (Wildman–Crippen MR) is 130 cm³/mol. The number of carbonyl (C=O) groups excluding carboxylic acids is 2. The summed E-state index contributed by atoms with van der Waals surface area (Å²) in [6.07, 6.45) is 4.27. The minimum Gasteiger partial charge on any atom is -0.461 e. The van der Waals surface area contributed by atoms with E-state index >= 15 is 0 Å². The van der Waals surface area contributed by atoms with Crippen molar-refractivity contribution in [1.29, 1.82) is 0 Å². The van der Waals surface area contributed by atoms with E-state index in [-0.39, 0.29) is 18.7 Å². The summed E-state index contributed by atoms with van der Waals surface area (Å²) in [6.45, 7) is 3.55. The molecule has 4 heterocycles. The number of carbonyl (C=O) groups is 2. The molecule has 0 radical (unpaired) electrons. The van der Waals surface area contributed by atoms with Crippen molar-refractivity contribution < 1.29 is 19.4 Å². The van der Waals surface area contributed by atoms with E-state index < -0.39 is 17.5 Å². The van der Waals surface area contributed by atoms with Crippen LogP contribution in [-0.2, 0) is 22.5 Å². The number of ether oxygens (including phenoxy) is 1. The zero-order chi connectivity index (χ0) is 25.3. The molecule has 1 N–H and O–H groups in total. The van der Waals surface area contributed by atoms with Gasteiger partial charge in [0.05, 0.1) is 24.5 Å². The second-order valence-electron chi connectivity index (χ2n) is 8.76. The van der Waals surface area contributed by atoms with Gasteiger partial charge in [0.25, 0.3) is 5.91 Å². The molecule has 10 heteroatoms. The Morgan fingerprint density at radius 2 is 2.03 bits per heavy atom. The highest BCUT2D eigenvalue weighted by atomic mass is 16.5. The fourth-order valence-corrected chi connectivity index (χ4v) is 4.48. The Hall–Kier alpha value is -4.23. The van der Waals surface area contributed by atoms with E-state index in [9.17, 15) is 14.7 Å². The molecule has 1 fully saturated rings. The Morgan fingerprint density at radius 3 is 2.75 bits per heavy atom. The molecule has 2 aliphatic heterocycles. The van der Waals surface area contributed by atoms with Crippen LogP contribution in [0.15, 0.2) is 42.7 Å². The summed E-state index contributed by atoms with van der Waals surface area (Å²) in [5, 5.41) is 15.3. The normalized spacial score (nSPS) is 19.0. The average molecular weight is 487 g/mol. The number of hydrogen-bond donors (Lipinski definition) is 1. The first-order valence-corrected chi connectivity index (χ1v) is 11.8. The lowest BCUT2D eigenvalue weighted by Crippen LogP contribution is -2.37. The zero-order valence-corrected chi connectivity index (χ0v) is 20.1. The molecule has 3 aromatic rings. The molecular formula is C26H26N6O4. The number of amides is 1. The third kappa shape index (κ3) is 4.29. The molecule has 2 aliphatic rings. The van der Waals surface area contributed by atoms with Crippen molar-refractivity contribution in [3.63, 3.8) is 0 Å². The van der Waals surface area contributed by atoms with Gasteiger partial charge in [0.2, 0.25) is 11.5 Å². The van der Waals surface area contributed by atoms with Crippen LogP contribution < -0.4 is 4.90 Å². The Morgan fingerprint density at radius 1 is 1.22 bits per heavy atom. The van der Waals surface area contributed by atoms with Crippen molar-refractivity contribution in [3.8, 4) is 17.5 Å². The third-order valence-corrected chi connectivity index (χ3v) is 6.37. The summed E-state index contributed by atoms with van der Waals surface area (Å²) in [6, 6.07) is 9.10. The van der Waals surface area contributed by atoms with Crippen LogP contribution in [0.25, 0.3) is 5.69 Å². The molecule has 10 nitrogen and oxygen atoms in total. The number of likely N-dealkylation sites (tertiary alicyclic amines) is 1. The van der Waals surface area contributed by atoms with E-state index in [4.69, 9.17) is 4.74 Å². The molecule has 0 saturated carbocycles. The largest absolute Gasteiger partial charge is 0.461 e. The van der Waals surface area contributed by atoms with Gasteiger partial charge in [-0.25, -0.2) is 19.4 Å². The maximum absolute atomic E-state index is 12.8. The number of anilines is 1. The van der Waals surface area contributed by atoms with Gasteiger partial charge in [-0.1, -0.05) is 17.9 Å². The summed E-state index contributed by atoms with van der Waals surface area (Å²) in [5.41, 5.74) is 1.62. The van der Waals surface area contributed by atoms with E-state index in [1.54, 1.807) is 43.2 Å². The Labute approximate surface area is 208 Å². The quantitative estimate of drug-likeness (QED) is 0.434. The predicted octanol–water partition coefficient (Wildman–Crippen LogP) is 1.35. The standard InChI is InChI=1S/C26H26N6O4/c1-3-36-23(33)22-20-17-31(25-27-12-5-13-28-25)14-9-21(20)32(29-22)19-7-4-6-18(16-19)8-10-26(35)11-15-30(2)24(26)34/h4-7,12-13,16,35H,3,9,11,14-15,17H2,1-2H3. The Kier molecular flexibility index (Phi) is 6.16. The van der Waals surface area contributed by atoms with Crippen molar-refractivity contribution in [1.82, 2.24) is 24.6 Å². The first kappa shape index (κ1) is 23.5. The van der Waals surface area contributed by atoms with Crippen LogP contribution >= 0.6 is 0 Å². The number of hydrogen-bond acceptors (Lipinski definition) is 8. The van der Waals surface area contributed by atoms with Crippen LogP contribution in [0.3, 0.4) is 0 Å². The molecule has 1 atom stereocenters. The lowest BCUT2D eigenvalue weighted by Gasteiger charge is -2.27. The van der Waals surface area contributed by atoms with Gasteiger partial charge in [-0.05, 0) is 31.2 Å². The summed E-state index contributed by atoms with van der Waals surface area (Å²) in [4.78, 5) is 37.2. The van der Waals surface area contributed by atoms with Gasteiger partial charge >= 0.3 is 5.97 Å². The zero-order valence-electron chi connectivity index (χ0n) is 20.1. The number of aromatic nitrogens is 4. The number of rotatable bonds is 4. The summed E-state index contributed by atoms with van der Waals surface area (Å²) in [7, 11) is 1.65. The van der Waals surface area contributed by atoms with Crippen LogP contribution in [-0.4, -0.2) is 74.0 Å². The topological polar surface area (TPSA) is 114 Å². The molecule has 1 saturated heterocycles. The van der Waals surface area contributed by atoms with Gasteiger partial charge in [0.1, 0.15) is 0 Å². The van der Waals surface area contributed by atoms with E-state index in [1.807, 2.05) is 23.1 Å². The molecule has 2 aromatic heterocycles. The first-order valence-electron chi connectivity index (χ1n) is 11.8. The van der Waals surface area contributed by atoms with E-state index in [1.165, 1.54) is 4.90 Å². The number of esters is 1. The van der Waals surface area contributed by atoms with E-state index in [2.05, 4.69) is 26.9 Å². The molecule has 0 bridgehead atoms. The molecule has 184 valence electrons. The third-order valence-electron chi connectivity index (χ3n) is 6.37. The van der Waals surface area contributed by atoms with Crippen LogP contribution in [0.4, 0.5) is 5.95 Å².